The highest BCUT2D eigenvalue weighted by molar-refractivity contribution is 5.94. The van der Waals surface area contributed by atoms with Crippen molar-refractivity contribution >= 4 is 17.3 Å². The van der Waals surface area contributed by atoms with Crippen LogP contribution in [0.1, 0.15) is 10.4 Å². The lowest BCUT2D eigenvalue weighted by molar-refractivity contribution is 0.0746. The maximum atomic E-state index is 13.3. The van der Waals surface area contributed by atoms with E-state index in [1.54, 1.807) is 4.90 Å². The monoisotopic (exact) mass is 345 g/mol. The molecule has 0 aromatic heterocycles. The Kier molecular flexibility index (Phi) is 4.88. The highest BCUT2D eigenvalue weighted by Gasteiger charge is 2.23. The van der Waals surface area contributed by atoms with Crippen LogP contribution in [0.4, 0.5) is 20.2 Å². The van der Waals surface area contributed by atoms with Gasteiger partial charge in [0.2, 0.25) is 0 Å². The van der Waals surface area contributed by atoms with Crippen LogP contribution in [0, 0.1) is 11.6 Å². The van der Waals surface area contributed by atoms with Crippen LogP contribution in [-0.2, 0) is 0 Å². The van der Waals surface area contributed by atoms with Gasteiger partial charge >= 0.3 is 0 Å². The van der Waals surface area contributed by atoms with Crippen molar-refractivity contribution in [1.82, 2.24) is 4.90 Å². The molecule has 0 aliphatic carbocycles. The molecule has 1 amide bonds. The third-order valence-electron chi connectivity index (χ3n) is 4.46. The Labute approximate surface area is 146 Å². The number of nitrogens with zero attached hydrogens (tertiary/aromatic N) is 3. The third-order valence-corrected chi connectivity index (χ3v) is 4.46. The van der Waals surface area contributed by atoms with E-state index in [4.69, 9.17) is 0 Å². The molecule has 0 unspecified atom stereocenters. The van der Waals surface area contributed by atoms with Gasteiger partial charge in [0.1, 0.15) is 0 Å². The number of piperazine rings is 1. The summed E-state index contributed by atoms with van der Waals surface area (Å²) in [5.74, 6) is -2.20. The molecular weight excluding hydrogens is 324 g/mol. The van der Waals surface area contributed by atoms with Crippen molar-refractivity contribution < 1.29 is 13.6 Å². The molecule has 3 rings (SSSR count). The average molecular weight is 345 g/mol. The fraction of sp³-hybridized carbons (Fsp3) is 0.316. The summed E-state index contributed by atoms with van der Waals surface area (Å²) >= 11 is 0. The minimum absolute atomic E-state index is 0.183. The van der Waals surface area contributed by atoms with E-state index in [-0.39, 0.29) is 11.5 Å². The Hall–Kier alpha value is -2.63. The van der Waals surface area contributed by atoms with E-state index in [1.807, 2.05) is 19.0 Å². The number of hydrogen-bond acceptors (Lipinski definition) is 3. The van der Waals surface area contributed by atoms with Crippen molar-refractivity contribution in [2.45, 2.75) is 0 Å². The molecule has 1 saturated heterocycles. The summed E-state index contributed by atoms with van der Waals surface area (Å²) in [5, 5.41) is 0. The SMILES string of the molecule is CN(C)c1ccc(N2CCN(C(=O)c3ccc(F)c(F)c3)CC2)cc1. The first-order chi connectivity index (χ1) is 12.0. The first kappa shape index (κ1) is 17.2. The molecule has 4 nitrogen and oxygen atoms in total. The maximum Gasteiger partial charge on any atom is 0.254 e. The molecule has 0 atom stereocenters. The summed E-state index contributed by atoms with van der Waals surface area (Å²) in [6.07, 6.45) is 0. The maximum absolute atomic E-state index is 13.3. The molecule has 1 aliphatic rings. The molecule has 2 aromatic rings. The highest BCUT2D eigenvalue weighted by Crippen LogP contribution is 2.21. The Morgan fingerprint density at radius 2 is 1.56 bits per heavy atom. The molecule has 0 N–H and O–H groups in total. The van der Waals surface area contributed by atoms with E-state index >= 15 is 0 Å². The van der Waals surface area contributed by atoms with Crippen LogP contribution in [0.3, 0.4) is 0 Å². The quantitative estimate of drug-likeness (QED) is 0.856. The zero-order chi connectivity index (χ0) is 18.0. The van der Waals surface area contributed by atoms with Gasteiger partial charge in [-0.25, -0.2) is 8.78 Å². The van der Waals surface area contributed by atoms with E-state index in [0.717, 1.165) is 23.5 Å². The summed E-state index contributed by atoms with van der Waals surface area (Å²) in [4.78, 5) is 18.4. The summed E-state index contributed by atoms with van der Waals surface area (Å²) in [7, 11) is 4.00. The van der Waals surface area contributed by atoms with Gasteiger partial charge in [-0.05, 0) is 42.5 Å². The van der Waals surface area contributed by atoms with Crippen LogP contribution < -0.4 is 9.80 Å². The second-order valence-electron chi connectivity index (χ2n) is 6.32. The molecule has 0 spiro atoms. The Morgan fingerprint density at radius 3 is 2.12 bits per heavy atom. The van der Waals surface area contributed by atoms with Crippen LogP contribution in [0.2, 0.25) is 0 Å². The summed E-state index contributed by atoms with van der Waals surface area (Å²) in [5.41, 5.74) is 2.43. The van der Waals surface area contributed by atoms with Gasteiger partial charge in [-0.3, -0.25) is 4.79 Å². The van der Waals surface area contributed by atoms with E-state index in [9.17, 15) is 13.6 Å². The fourth-order valence-electron chi connectivity index (χ4n) is 2.94. The average Bonchev–Trinajstić information content (AvgIpc) is 2.63. The van der Waals surface area contributed by atoms with Crippen molar-refractivity contribution in [2.75, 3.05) is 50.1 Å². The highest BCUT2D eigenvalue weighted by atomic mass is 19.2. The molecule has 132 valence electrons. The predicted octanol–water partition coefficient (Wildman–Crippen LogP) is 2.99. The molecule has 2 aromatic carbocycles. The minimum atomic E-state index is -0.995. The van der Waals surface area contributed by atoms with Gasteiger partial charge in [0.05, 0.1) is 0 Å². The smallest absolute Gasteiger partial charge is 0.254 e. The number of rotatable bonds is 3. The van der Waals surface area contributed by atoms with Gasteiger partial charge in [0, 0.05) is 57.2 Å². The number of benzene rings is 2. The normalized spacial score (nSPS) is 14.6. The van der Waals surface area contributed by atoms with Gasteiger partial charge < -0.3 is 14.7 Å². The molecular formula is C19H21F2N3O. The van der Waals surface area contributed by atoms with E-state index in [2.05, 4.69) is 29.2 Å². The van der Waals surface area contributed by atoms with Gasteiger partial charge in [0.25, 0.3) is 5.91 Å². The van der Waals surface area contributed by atoms with Crippen LogP contribution in [-0.4, -0.2) is 51.1 Å². The van der Waals surface area contributed by atoms with E-state index in [0.29, 0.717) is 26.2 Å². The molecule has 6 heteroatoms. The molecule has 1 aliphatic heterocycles. The van der Waals surface area contributed by atoms with Crippen LogP contribution in [0.5, 0.6) is 0 Å². The van der Waals surface area contributed by atoms with Crippen LogP contribution in [0.15, 0.2) is 42.5 Å². The minimum Gasteiger partial charge on any atom is -0.378 e. The number of amides is 1. The topological polar surface area (TPSA) is 26.8 Å². The van der Waals surface area contributed by atoms with E-state index in [1.165, 1.54) is 6.07 Å². The fourth-order valence-corrected chi connectivity index (χ4v) is 2.94. The second kappa shape index (κ2) is 7.09. The van der Waals surface area contributed by atoms with Crippen molar-refractivity contribution in [2.24, 2.45) is 0 Å². The largest absolute Gasteiger partial charge is 0.378 e. The summed E-state index contributed by atoms with van der Waals surface area (Å²) in [6, 6.07) is 11.6. The molecule has 0 bridgehead atoms. The standard InChI is InChI=1S/C19H21F2N3O/c1-22(2)15-4-6-16(7-5-15)23-9-11-24(12-10-23)19(25)14-3-8-17(20)18(21)13-14/h3-8,13H,9-12H2,1-2H3. The van der Waals surface area contributed by atoms with Crippen molar-refractivity contribution in [3.05, 3.63) is 59.7 Å². The molecule has 0 radical (unpaired) electrons. The number of halogens is 2. The summed E-state index contributed by atoms with van der Waals surface area (Å²) in [6.45, 7) is 2.51. The predicted molar refractivity (Wildman–Crippen MR) is 95.2 cm³/mol. The van der Waals surface area contributed by atoms with Gasteiger partial charge in [0.15, 0.2) is 11.6 Å². The zero-order valence-corrected chi connectivity index (χ0v) is 14.4. The van der Waals surface area contributed by atoms with Crippen LogP contribution in [0.25, 0.3) is 0 Å². The van der Waals surface area contributed by atoms with Gasteiger partial charge in [-0.15, -0.1) is 0 Å². The van der Waals surface area contributed by atoms with Gasteiger partial charge in [-0.1, -0.05) is 0 Å². The number of anilines is 2. The Morgan fingerprint density at radius 1 is 0.920 bits per heavy atom. The lowest BCUT2D eigenvalue weighted by Gasteiger charge is -2.36. The van der Waals surface area contributed by atoms with Gasteiger partial charge in [-0.2, -0.15) is 0 Å². The Balaban J connectivity index is 1.63. The first-order valence-electron chi connectivity index (χ1n) is 8.22. The van der Waals surface area contributed by atoms with Crippen molar-refractivity contribution in [3.63, 3.8) is 0 Å². The summed E-state index contributed by atoms with van der Waals surface area (Å²) < 4.78 is 26.3. The van der Waals surface area contributed by atoms with Crippen molar-refractivity contribution in [3.8, 4) is 0 Å². The lowest BCUT2D eigenvalue weighted by atomic mass is 10.1. The number of carbonyl (C=O) groups is 1. The number of hydrogen-bond donors (Lipinski definition) is 0. The number of carbonyl (C=O) groups excluding carboxylic acids is 1. The van der Waals surface area contributed by atoms with Crippen molar-refractivity contribution in [1.29, 1.82) is 0 Å². The van der Waals surface area contributed by atoms with Crippen LogP contribution >= 0.6 is 0 Å². The molecule has 1 fully saturated rings. The molecule has 1 heterocycles. The molecule has 0 saturated carbocycles. The molecule has 25 heavy (non-hydrogen) atoms. The van der Waals surface area contributed by atoms with E-state index < -0.39 is 11.6 Å². The zero-order valence-electron chi connectivity index (χ0n) is 14.4. The third kappa shape index (κ3) is 3.73. The lowest BCUT2D eigenvalue weighted by Crippen LogP contribution is -2.48. The second-order valence-corrected chi connectivity index (χ2v) is 6.32. The first-order valence-corrected chi connectivity index (χ1v) is 8.22. The Bertz CT molecular complexity index is 754.